The highest BCUT2D eigenvalue weighted by Crippen LogP contribution is 2.11. The van der Waals surface area contributed by atoms with E-state index in [-0.39, 0.29) is 18.3 Å². The molecule has 5 unspecified atom stereocenters. The van der Waals surface area contributed by atoms with Crippen LogP contribution in [0, 0.1) is 11.8 Å². The fraction of sp³-hybridized carbons (Fsp3) is 0.737. The van der Waals surface area contributed by atoms with Crippen LogP contribution in [0.25, 0.3) is 0 Å². The van der Waals surface area contributed by atoms with Crippen LogP contribution in [0.15, 0.2) is 0 Å². The van der Waals surface area contributed by atoms with Crippen LogP contribution >= 0.6 is 0 Å². The van der Waals surface area contributed by atoms with Crippen molar-refractivity contribution in [3.05, 3.63) is 0 Å². The lowest BCUT2D eigenvalue weighted by Crippen LogP contribution is -2.58. The molecule has 0 saturated carbocycles. The van der Waals surface area contributed by atoms with Crippen molar-refractivity contribution in [2.75, 3.05) is 0 Å². The van der Waals surface area contributed by atoms with Crippen molar-refractivity contribution in [3.8, 4) is 0 Å². The molecule has 0 rings (SSSR count). The number of amides is 4. The van der Waals surface area contributed by atoms with Gasteiger partial charge in [-0.15, -0.1) is 0 Å². The number of hydrogen-bond acceptors (Lipinski definition) is 6. The second-order valence-corrected chi connectivity index (χ2v) is 7.92. The molecule has 0 aliphatic heterocycles. The Balaban J connectivity index is 5.50. The number of nitrogens with two attached hydrogens (primary N) is 2. The summed E-state index contributed by atoms with van der Waals surface area (Å²) in [6.45, 7) is 8.56. The molecule has 0 heterocycles. The van der Waals surface area contributed by atoms with E-state index in [9.17, 15) is 29.1 Å². The molecule has 0 spiro atoms. The molecule has 0 aliphatic rings. The van der Waals surface area contributed by atoms with Gasteiger partial charge >= 0.3 is 5.97 Å². The number of nitrogens with one attached hydrogen (secondary N) is 3. The van der Waals surface area contributed by atoms with E-state index in [1.54, 1.807) is 13.8 Å². The van der Waals surface area contributed by atoms with E-state index in [2.05, 4.69) is 16.0 Å². The van der Waals surface area contributed by atoms with Crippen LogP contribution in [-0.4, -0.2) is 58.9 Å². The number of carbonyl (C=O) groups excluding carboxylic acids is 4. The van der Waals surface area contributed by atoms with Gasteiger partial charge in [-0.25, -0.2) is 4.79 Å². The summed E-state index contributed by atoms with van der Waals surface area (Å²) < 4.78 is 0. The summed E-state index contributed by atoms with van der Waals surface area (Å²) in [7, 11) is 0. The van der Waals surface area contributed by atoms with Gasteiger partial charge in [-0.3, -0.25) is 19.2 Å². The zero-order chi connectivity index (χ0) is 23.6. The topological polar surface area (TPSA) is 194 Å². The van der Waals surface area contributed by atoms with E-state index in [4.69, 9.17) is 11.5 Å². The standard InChI is InChI=1S/C19H35N5O6/c1-6-10(4)15(19(29)30)24-18(28)12(7-9(2)3)23-17(27)13(8-14(21)25)22-16(26)11(5)20/h9-13,15H,6-8,20H2,1-5H3,(H2,21,25)(H,22,26)(H,23,27)(H,24,28)(H,29,30). The van der Waals surface area contributed by atoms with Crippen molar-refractivity contribution in [2.24, 2.45) is 23.3 Å². The molecule has 0 aromatic carbocycles. The van der Waals surface area contributed by atoms with Crippen molar-refractivity contribution in [2.45, 2.75) is 78.0 Å². The molecule has 11 nitrogen and oxygen atoms in total. The van der Waals surface area contributed by atoms with E-state index in [1.165, 1.54) is 6.92 Å². The van der Waals surface area contributed by atoms with Crippen LogP contribution < -0.4 is 27.4 Å². The summed E-state index contributed by atoms with van der Waals surface area (Å²) in [5.41, 5.74) is 10.6. The Kier molecular flexibility index (Phi) is 11.6. The quantitative estimate of drug-likeness (QED) is 0.212. The number of rotatable bonds is 13. The molecule has 4 amide bonds. The highest BCUT2D eigenvalue weighted by atomic mass is 16.4. The van der Waals surface area contributed by atoms with Gasteiger partial charge in [0.2, 0.25) is 23.6 Å². The van der Waals surface area contributed by atoms with Gasteiger partial charge in [0.15, 0.2) is 0 Å². The van der Waals surface area contributed by atoms with Crippen molar-refractivity contribution in [3.63, 3.8) is 0 Å². The number of aliphatic carboxylic acids is 1. The van der Waals surface area contributed by atoms with Crippen LogP contribution in [0.2, 0.25) is 0 Å². The Morgan fingerprint density at radius 2 is 1.37 bits per heavy atom. The number of carboxylic acid groups (broad SMARTS) is 1. The van der Waals surface area contributed by atoms with Gasteiger partial charge in [-0.1, -0.05) is 34.1 Å². The van der Waals surface area contributed by atoms with E-state index in [1.807, 2.05) is 13.8 Å². The largest absolute Gasteiger partial charge is 0.480 e. The summed E-state index contributed by atoms with van der Waals surface area (Å²) in [4.78, 5) is 60.1. The maximum atomic E-state index is 12.7. The molecule has 172 valence electrons. The number of primary amides is 1. The van der Waals surface area contributed by atoms with E-state index in [0.29, 0.717) is 6.42 Å². The zero-order valence-electron chi connectivity index (χ0n) is 18.2. The minimum absolute atomic E-state index is 0.0128. The van der Waals surface area contributed by atoms with Crippen molar-refractivity contribution < 1.29 is 29.1 Å². The van der Waals surface area contributed by atoms with Crippen LogP contribution in [0.4, 0.5) is 0 Å². The summed E-state index contributed by atoms with van der Waals surface area (Å²) >= 11 is 0. The average Bonchev–Trinajstić information content (AvgIpc) is 2.62. The van der Waals surface area contributed by atoms with Gasteiger partial charge in [0.05, 0.1) is 12.5 Å². The van der Waals surface area contributed by atoms with Gasteiger partial charge in [0, 0.05) is 0 Å². The predicted octanol–water partition coefficient (Wildman–Crippen LogP) is -1.16. The molecule has 0 fully saturated rings. The second kappa shape index (κ2) is 12.8. The molecular formula is C19H35N5O6. The monoisotopic (exact) mass is 429 g/mol. The fourth-order valence-electron chi connectivity index (χ4n) is 2.63. The first kappa shape index (κ1) is 27.3. The predicted molar refractivity (Wildman–Crippen MR) is 110 cm³/mol. The molecule has 0 aliphatic carbocycles. The first-order valence-corrected chi connectivity index (χ1v) is 9.97. The van der Waals surface area contributed by atoms with E-state index >= 15 is 0 Å². The van der Waals surface area contributed by atoms with Crippen LogP contribution in [0.1, 0.15) is 53.9 Å². The SMILES string of the molecule is CCC(C)C(NC(=O)C(CC(C)C)NC(=O)C(CC(N)=O)NC(=O)C(C)N)C(=O)O. The summed E-state index contributed by atoms with van der Waals surface area (Å²) in [6, 6.07) is -4.41. The Hall–Kier alpha value is -2.69. The smallest absolute Gasteiger partial charge is 0.326 e. The van der Waals surface area contributed by atoms with Gasteiger partial charge in [-0.2, -0.15) is 0 Å². The minimum Gasteiger partial charge on any atom is -0.480 e. The Labute approximate surface area is 176 Å². The van der Waals surface area contributed by atoms with Crippen molar-refractivity contribution >= 4 is 29.6 Å². The van der Waals surface area contributed by atoms with Gasteiger partial charge in [-0.05, 0) is 25.2 Å². The molecule has 5 atom stereocenters. The summed E-state index contributed by atoms with van der Waals surface area (Å²) in [5.74, 6) is -4.46. The van der Waals surface area contributed by atoms with Crippen LogP contribution in [0.5, 0.6) is 0 Å². The molecule has 8 N–H and O–H groups in total. The van der Waals surface area contributed by atoms with E-state index in [0.717, 1.165) is 0 Å². The Morgan fingerprint density at radius 1 is 0.867 bits per heavy atom. The van der Waals surface area contributed by atoms with Gasteiger partial charge in [0.25, 0.3) is 0 Å². The third kappa shape index (κ3) is 9.68. The second-order valence-electron chi connectivity index (χ2n) is 7.92. The maximum Gasteiger partial charge on any atom is 0.326 e. The molecule has 0 bridgehead atoms. The van der Waals surface area contributed by atoms with Crippen LogP contribution in [-0.2, 0) is 24.0 Å². The third-order valence-electron chi connectivity index (χ3n) is 4.57. The lowest BCUT2D eigenvalue weighted by atomic mass is 9.97. The highest BCUT2D eigenvalue weighted by Gasteiger charge is 2.32. The zero-order valence-corrected chi connectivity index (χ0v) is 18.2. The van der Waals surface area contributed by atoms with Crippen LogP contribution in [0.3, 0.4) is 0 Å². The highest BCUT2D eigenvalue weighted by molar-refractivity contribution is 5.96. The number of carbonyl (C=O) groups is 5. The summed E-state index contributed by atoms with van der Waals surface area (Å²) in [5, 5.41) is 16.7. The number of carboxylic acids is 1. The van der Waals surface area contributed by atoms with Crippen molar-refractivity contribution in [1.82, 2.24) is 16.0 Å². The maximum absolute atomic E-state index is 12.7. The lowest BCUT2D eigenvalue weighted by molar-refractivity contribution is -0.144. The first-order valence-electron chi connectivity index (χ1n) is 9.97. The number of hydrogen-bond donors (Lipinski definition) is 6. The molecular weight excluding hydrogens is 394 g/mol. The normalized spacial score (nSPS) is 16.0. The molecule has 30 heavy (non-hydrogen) atoms. The molecule has 0 saturated heterocycles. The molecule has 0 aromatic heterocycles. The third-order valence-corrected chi connectivity index (χ3v) is 4.57. The average molecular weight is 430 g/mol. The molecule has 11 heteroatoms. The Morgan fingerprint density at radius 3 is 1.77 bits per heavy atom. The molecule has 0 aromatic rings. The van der Waals surface area contributed by atoms with Crippen molar-refractivity contribution in [1.29, 1.82) is 0 Å². The lowest BCUT2D eigenvalue weighted by Gasteiger charge is -2.27. The first-order chi connectivity index (χ1) is 13.8. The summed E-state index contributed by atoms with van der Waals surface area (Å²) in [6.07, 6.45) is 0.266. The Bertz CT molecular complexity index is 637. The minimum atomic E-state index is -1.31. The van der Waals surface area contributed by atoms with E-state index < -0.39 is 60.2 Å². The fourth-order valence-corrected chi connectivity index (χ4v) is 2.63. The van der Waals surface area contributed by atoms with Gasteiger partial charge < -0.3 is 32.5 Å². The molecule has 0 radical (unpaired) electrons. The van der Waals surface area contributed by atoms with Gasteiger partial charge in [0.1, 0.15) is 18.1 Å².